The average molecular weight is 552 g/mol. The normalized spacial score (nSPS) is 11.7. The quantitative estimate of drug-likeness (QED) is 0.295. The zero-order valence-electron chi connectivity index (χ0n) is 21.2. The van der Waals surface area contributed by atoms with Gasteiger partial charge < -0.3 is 15.0 Å². The van der Waals surface area contributed by atoms with Gasteiger partial charge in [-0.1, -0.05) is 91.3 Å². The van der Waals surface area contributed by atoms with Gasteiger partial charge in [0.05, 0.1) is 0 Å². The summed E-state index contributed by atoms with van der Waals surface area (Å²) in [6.45, 7) is 6.99. The summed E-state index contributed by atoms with van der Waals surface area (Å²) in [6, 6.07) is 24.7. The number of hydrogen-bond donors (Lipinski definition) is 1. The molecule has 190 valence electrons. The molecule has 0 fully saturated rings. The Bertz CT molecular complexity index is 1100. The molecule has 0 radical (unpaired) electrons. The maximum absolute atomic E-state index is 13.6. The van der Waals surface area contributed by atoms with Gasteiger partial charge in [-0.05, 0) is 53.3 Å². The molecule has 0 aliphatic rings. The number of carbonyl (C=O) groups excluding carboxylic acids is 2. The SMILES string of the molecule is CCCNC(=O)[C@@H](Cc1ccccc1)N(Cc1ccc(Br)cc1)C(=O)COc1ccc(C(C)C)cc1. The van der Waals surface area contributed by atoms with E-state index in [0.29, 0.717) is 31.2 Å². The molecule has 36 heavy (non-hydrogen) atoms. The van der Waals surface area contributed by atoms with Crippen LogP contribution in [0.3, 0.4) is 0 Å². The number of halogens is 1. The van der Waals surface area contributed by atoms with Crippen molar-refractivity contribution >= 4 is 27.7 Å². The topological polar surface area (TPSA) is 58.6 Å². The standard InChI is InChI=1S/C30H35BrN2O3/c1-4-18-32-30(35)28(19-23-8-6-5-7-9-23)33(20-24-10-14-26(31)15-11-24)29(34)21-36-27-16-12-25(13-17-27)22(2)3/h5-17,22,28H,4,18-21H2,1-3H3,(H,32,35)/t28-/m1/s1. The molecule has 0 saturated carbocycles. The van der Waals surface area contributed by atoms with Gasteiger partial charge in [-0.2, -0.15) is 0 Å². The van der Waals surface area contributed by atoms with Gasteiger partial charge in [0.25, 0.3) is 5.91 Å². The molecule has 0 aromatic heterocycles. The number of ether oxygens (including phenoxy) is 1. The van der Waals surface area contributed by atoms with Crippen molar-refractivity contribution in [3.8, 4) is 5.75 Å². The summed E-state index contributed by atoms with van der Waals surface area (Å²) in [5, 5.41) is 2.99. The van der Waals surface area contributed by atoms with Crippen LogP contribution in [0.5, 0.6) is 5.75 Å². The smallest absolute Gasteiger partial charge is 0.261 e. The van der Waals surface area contributed by atoms with Gasteiger partial charge in [0.15, 0.2) is 6.61 Å². The lowest BCUT2D eigenvalue weighted by atomic mass is 10.0. The van der Waals surface area contributed by atoms with Crippen LogP contribution in [0.1, 0.15) is 49.8 Å². The van der Waals surface area contributed by atoms with Crippen LogP contribution in [-0.2, 0) is 22.6 Å². The van der Waals surface area contributed by atoms with Crippen LogP contribution in [-0.4, -0.2) is 35.9 Å². The molecule has 0 aliphatic heterocycles. The lowest BCUT2D eigenvalue weighted by molar-refractivity contribution is -0.142. The molecule has 0 aliphatic carbocycles. The number of hydrogen-bond acceptors (Lipinski definition) is 3. The largest absolute Gasteiger partial charge is 0.484 e. The van der Waals surface area contributed by atoms with Crippen LogP contribution in [0.2, 0.25) is 0 Å². The van der Waals surface area contributed by atoms with Crippen molar-refractivity contribution in [3.05, 3.63) is 100 Å². The maximum atomic E-state index is 13.6. The Hall–Kier alpha value is -3.12. The van der Waals surface area contributed by atoms with Gasteiger partial charge in [0, 0.05) is 24.0 Å². The van der Waals surface area contributed by atoms with Crippen molar-refractivity contribution in [2.75, 3.05) is 13.2 Å². The summed E-state index contributed by atoms with van der Waals surface area (Å²) < 4.78 is 6.83. The fourth-order valence-electron chi connectivity index (χ4n) is 3.88. The van der Waals surface area contributed by atoms with E-state index in [1.54, 1.807) is 4.90 Å². The van der Waals surface area contributed by atoms with E-state index in [0.717, 1.165) is 22.0 Å². The van der Waals surface area contributed by atoms with Crippen LogP contribution in [0.4, 0.5) is 0 Å². The second kappa shape index (κ2) is 13.8. The molecule has 0 bridgehead atoms. The Balaban J connectivity index is 1.85. The van der Waals surface area contributed by atoms with E-state index in [2.05, 4.69) is 35.1 Å². The zero-order chi connectivity index (χ0) is 25.9. The molecule has 0 unspecified atom stereocenters. The lowest BCUT2D eigenvalue weighted by Gasteiger charge is -2.31. The second-order valence-corrected chi connectivity index (χ2v) is 10.1. The Morgan fingerprint density at radius 1 is 0.917 bits per heavy atom. The van der Waals surface area contributed by atoms with E-state index in [1.807, 2.05) is 85.8 Å². The number of carbonyl (C=O) groups is 2. The first-order valence-corrected chi connectivity index (χ1v) is 13.2. The summed E-state index contributed by atoms with van der Waals surface area (Å²) in [7, 11) is 0. The Kier molecular flexibility index (Phi) is 10.6. The van der Waals surface area contributed by atoms with Crippen LogP contribution >= 0.6 is 15.9 Å². The van der Waals surface area contributed by atoms with Gasteiger partial charge in [-0.15, -0.1) is 0 Å². The number of amides is 2. The summed E-state index contributed by atoms with van der Waals surface area (Å²) in [6.07, 6.45) is 1.24. The van der Waals surface area contributed by atoms with E-state index in [-0.39, 0.29) is 18.4 Å². The molecular weight excluding hydrogens is 516 g/mol. The highest BCUT2D eigenvalue weighted by atomic mass is 79.9. The maximum Gasteiger partial charge on any atom is 0.261 e. The van der Waals surface area contributed by atoms with Gasteiger partial charge in [-0.25, -0.2) is 0 Å². The molecule has 6 heteroatoms. The first-order chi connectivity index (χ1) is 17.4. The molecule has 1 N–H and O–H groups in total. The molecule has 2 amide bonds. The van der Waals surface area contributed by atoms with Crippen molar-refractivity contribution in [1.29, 1.82) is 0 Å². The number of benzene rings is 3. The van der Waals surface area contributed by atoms with Crippen molar-refractivity contribution < 1.29 is 14.3 Å². The van der Waals surface area contributed by atoms with E-state index in [4.69, 9.17) is 4.74 Å². The Morgan fingerprint density at radius 3 is 2.19 bits per heavy atom. The zero-order valence-corrected chi connectivity index (χ0v) is 22.8. The van der Waals surface area contributed by atoms with Gasteiger partial charge in [0.2, 0.25) is 5.91 Å². The van der Waals surface area contributed by atoms with E-state index in [9.17, 15) is 9.59 Å². The average Bonchev–Trinajstić information content (AvgIpc) is 2.89. The van der Waals surface area contributed by atoms with Crippen LogP contribution < -0.4 is 10.1 Å². The number of nitrogens with one attached hydrogen (secondary N) is 1. The minimum absolute atomic E-state index is 0.149. The molecular formula is C30H35BrN2O3. The van der Waals surface area contributed by atoms with Gasteiger partial charge >= 0.3 is 0 Å². The van der Waals surface area contributed by atoms with Crippen LogP contribution in [0.15, 0.2) is 83.3 Å². The van der Waals surface area contributed by atoms with E-state index in [1.165, 1.54) is 5.56 Å². The fraction of sp³-hybridized carbons (Fsp3) is 0.333. The predicted octanol–water partition coefficient (Wildman–Crippen LogP) is 6.12. The van der Waals surface area contributed by atoms with Crippen LogP contribution in [0.25, 0.3) is 0 Å². The summed E-state index contributed by atoms with van der Waals surface area (Å²) in [5.41, 5.74) is 3.14. The fourth-order valence-corrected chi connectivity index (χ4v) is 4.15. The monoisotopic (exact) mass is 550 g/mol. The Morgan fingerprint density at radius 2 is 1.58 bits per heavy atom. The highest BCUT2D eigenvalue weighted by molar-refractivity contribution is 9.10. The van der Waals surface area contributed by atoms with Gasteiger partial charge in [0.1, 0.15) is 11.8 Å². The molecule has 1 atom stereocenters. The minimum Gasteiger partial charge on any atom is -0.484 e. The van der Waals surface area contributed by atoms with E-state index >= 15 is 0 Å². The minimum atomic E-state index is -0.665. The van der Waals surface area contributed by atoms with E-state index < -0.39 is 6.04 Å². The number of rotatable bonds is 12. The first-order valence-electron chi connectivity index (χ1n) is 12.5. The summed E-state index contributed by atoms with van der Waals surface area (Å²) in [5.74, 6) is 0.653. The van der Waals surface area contributed by atoms with Crippen molar-refractivity contribution in [3.63, 3.8) is 0 Å². The summed E-state index contributed by atoms with van der Waals surface area (Å²) in [4.78, 5) is 28.5. The molecule has 0 heterocycles. The number of nitrogens with zero attached hydrogens (tertiary/aromatic N) is 1. The Labute approximate surface area is 223 Å². The molecule has 5 nitrogen and oxygen atoms in total. The third-order valence-electron chi connectivity index (χ3n) is 6.00. The van der Waals surface area contributed by atoms with Crippen molar-refractivity contribution in [1.82, 2.24) is 10.2 Å². The first kappa shape index (κ1) is 27.5. The third kappa shape index (κ3) is 8.23. The van der Waals surface area contributed by atoms with Crippen molar-refractivity contribution in [2.45, 2.75) is 52.1 Å². The highest BCUT2D eigenvalue weighted by Gasteiger charge is 2.30. The second-order valence-electron chi connectivity index (χ2n) is 9.16. The molecule has 3 rings (SSSR count). The lowest BCUT2D eigenvalue weighted by Crippen LogP contribution is -2.51. The molecule has 0 spiro atoms. The molecule has 3 aromatic carbocycles. The van der Waals surface area contributed by atoms with Crippen LogP contribution in [0, 0.1) is 0 Å². The third-order valence-corrected chi connectivity index (χ3v) is 6.52. The van der Waals surface area contributed by atoms with Gasteiger partial charge in [-0.3, -0.25) is 9.59 Å². The van der Waals surface area contributed by atoms with Crippen molar-refractivity contribution in [2.24, 2.45) is 0 Å². The molecule has 0 saturated heterocycles. The highest BCUT2D eigenvalue weighted by Crippen LogP contribution is 2.20. The predicted molar refractivity (Wildman–Crippen MR) is 148 cm³/mol. The molecule has 3 aromatic rings. The summed E-state index contributed by atoms with van der Waals surface area (Å²) >= 11 is 3.47.